The van der Waals surface area contributed by atoms with E-state index < -0.39 is 47.0 Å². The lowest BCUT2D eigenvalue weighted by molar-refractivity contribution is -0.139. The van der Waals surface area contributed by atoms with Crippen LogP contribution in [0.4, 0.5) is 39.5 Å². The topological polar surface area (TPSA) is 0 Å². The molecule has 0 spiro atoms. The maximum atomic E-state index is 12.7. The molecule has 0 amide bonds. The Bertz CT molecular complexity index is 422. The van der Waals surface area contributed by atoms with Crippen LogP contribution in [0.3, 0.4) is 0 Å². The smallest absolute Gasteiger partial charge is 0.203 e. The van der Waals surface area contributed by atoms with Crippen LogP contribution >= 0.6 is 0 Å². The minimum Gasteiger partial charge on any atom is -0.203 e. The molecule has 0 aliphatic rings. The number of alkyl halides is 4. The van der Waals surface area contributed by atoms with E-state index in [0.29, 0.717) is 0 Å². The zero-order chi connectivity index (χ0) is 13.5. The van der Waals surface area contributed by atoms with Gasteiger partial charge < -0.3 is 0 Å². The average Bonchev–Trinajstić information content (AvgIpc) is 2.23. The van der Waals surface area contributed by atoms with Crippen LogP contribution in [0.25, 0.3) is 0 Å². The van der Waals surface area contributed by atoms with Gasteiger partial charge in [-0.15, -0.1) is 0 Å². The second-order valence-corrected chi connectivity index (χ2v) is 2.87. The van der Waals surface area contributed by atoms with Crippen LogP contribution in [-0.4, -0.2) is 6.43 Å². The number of hydrogen-bond acceptors (Lipinski definition) is 0. The van der Waals surface area contributed by atoms with Crippen LogP contribution < -0.4 is 0 Å². The minimum atomic E-state index is -5.48. The summed E-state index contributed by atoms with van der Waals surface area (Å²) in [5.74, 6) is -19.6. The molecule has 0 saturated heterocycles. The first-order chi connectivity index (χ1) is 7.62. The van der Waals surface area contributed by atoms with Crippen molar-refractivity contribution < 1.29 is 39.5 Å². The third kappa shape index (κ3) is 1.93. The van der Waals surface area contributed by atoms with Crippen molar-refractivity contribution in [3.05, 3.63) is 34.6 Å². The Hall–Kier alpha value is -1.41. The lowest BCUT2D eigenvalue weighted by atomic mass is 10.1. The van der Waals surface area contributed by atoms with Crippen LogP contribution in [0.15, 0.2) is 0 Å². The van der Waals surface area contributed by atoms with Crippen molar-refractivity contribution >= 4 is 0 Å². The van der Waals surface area contributed by atoms with Gasteiger partial charge in [0, 0.05) is 0 Å². The molecule has 0 aliphatic carbocycles. The molecule has 0 radical (unpaired) electrons. The molecule has 0 heterocycles. The van der Waals surface area contributed by atoms with Gasteiger partial charge in [-0.2, -0.15) is 8.78 Å². The zero-order valence-electron chi connectivity index (χ0n) is 7.48. The van der Waals surface area contributed by atoms with Gasteiger partial charge in [-0.3, -0.25) is 0 Å². The summed E-state index contributed by atoms with van der Waals surface area (Å²) in [5.41, 5.74) is -2.84. The van der Waals surface area contributed by atoms with Crippen LogP contribution in [0.2, 0.25) is 0 Å². The highest BCUT2D eigenvalue weighted by Gasteiger charge is 2.49. The summed E-state index contributed by atoms with van der Waals surface area (Å²) in [7, 11) is 0. The molecule has 1 rings (SSSR count). The molecule has 96 valence electrons. The molecule has 1 aromatic rings. The van der Waals surface area contributed by atoms with Gasteiger partial charge >= 0.3 is 12.3 Å². The van der Waals surface area contributed by atoms with Crippen LogP contribution in [0, 0.1) is 29.1 Å². The first kappa shape index (κ1) is 13.7. The van der Waals surface area contributed by atoms with Crippen molar-refractivity contribution in [2.75, 3.05) is 0 Å². The first-order valence-electron chi connectivity index (χ1n) is 3.80. The fraction of sp³-hybridized carbons (Fsp3) is 0.250. The molecule has 9 heteroatoms. The normalized spacial score (nSPS) is 12.4. The number of benzene rings is 1. The molecule has 1 aromatic carbocycles. The molecule has 0 bridgehead atoms. The molecule has 0 N–H and O–H groups in total. The quantitative estimate of drug-likeness (QED) is 0.435. The minimum absolute atomic E-state index is 2.70. The Morgan fingerprint density at radius 1 is 0.647 bits per heavy atom. The Labute approximate surface area is 87.7 Å². The SMILES string of the molecule is Fc1c(F)c(F)c(C(F)(F)C(F)F)c(F)c1F. The summed E-state index contributed by atoms with van der Waals surface area (Å²) in [6.07, 6.45) is -4.62. The highest BCUT2D eigenvalue weighted by Crippen LogP contribution is 2.39. The summed E-state index contributed by atoms with van der Waals surface area (Å²) < 4.78 is 112. The Morgan fingerprint density at radius 2 is 0.941 bits per heavy atom. The summed E-state index contributed by atoms with van der Waals surface area (Å²) in [6, 6.07) is 0. The monoisotopic (exact) mass is 268 g/mol. The fourth-order valence-corrected chi connectivity index (χ4v) is 1.01. The predicted octanol–water partition coefficient (Wildman–Crippen LogP) is 3.74. The molecular weight excluding hydrogens is 267 g/mol. The van der Waals surface area contributed by atoms with Crippen molar-refractivity contribution in [1.29, 1.82) is 0 Å². The van der Waals surface area contributed by atoms with Crippen molar-refractivity contribution in [1.82, 2.24) is 0 Å². The summed E-state index contributed by atoms with van der Waals surface area (Å²) >= 11 is 0. The maximum absolute atomic E-state index is 12.7. The lowest BCUT2D eigenvalue weighted by Gasteiger charge is -2.17. The molecular formula is C8HF9. The van der Waals surface area contributed by atoms with Gasteiger partial charge in [0.15, 0.2) is 23.3 Å². The van der Waals surface area contributed by atoms with E-state index in [1.165, 1.54) is 0 Å². The van der Waals surface area contributed by atoms with Gasteiger partial charge in [-0.25, -0.2) is 30.7 Å². The first-order valence-corrected chi connectivity index (χ1v) is 3.80. The average molecular weight is 268 g/mol. The van der Waals surface area contributed by atoms with E-state index >= 15 is 0 Å². The fourth-order valence-electron chi connectivity index (χ4n) is 1.01. The maximum Gasteiger partial charge on any atom is 0.338 e. The van der Waals surface area contributed by atoms with Gasteiger partial charge in [0.1, 0.15) is 5.56 Å². The number of halogens is 9. The van der Waals surface area contributed by atoms with Gasteiger partial charge in [-0.1, -0.05) is 0 Å². The highest BCUT2D eigenvalue weighted by molar-refractivity contribution is 5.28. The molecule has 0 saturated carbocycles. The van der Waals surface area contributed by atoms with E-state index in [-0.39, 0.29) is 0 Å². The molecule has 0 aliphatic heterocycles. The third-order valence-electron chi connectivity index (χ3n) is 1.82. The Morgan fingerprint density at radius 3 is 1.24 bits per heavy atom. The Balaban J connectivity index is 3.66. The third-order valence-corrected chi connectivity index (χ3v) is 1.82. The molecule has 0 atom stereocenters. The summed E-state index contributed by atoms with van der Waals surface area (Å²) in [4.78, 5) is 0. The van der Waals surface area contributed by atoms with E-state index in [9.17, 15) is 39.5 Å². The van der Waals surface area contributed by atoms with Crippen LogP contribution in [0.1, 0.15) is 5.56 Å². The van der Waals surface area contributed by atoms with Crippen LogP contribution in [-0.2, 0) is 5.92 Å². The van der Waals surface area contributed by atoms with Crippen molar-refractivity contribution in [2.45, 2.75) is 12.3 Å². The second-order valence-electron chi connectivity index (χ2n) is 2.87. The molecule has 17 heavy (non-hydrogen) atoms. The highest BCUT2D eigenvalue weighted by atomic mass is 19.3. The summed E-state index contributed by atoms with van der Waals surface area (Å²) in [6.45, 7) is 0. The summed E-state index contributed by atoms with van der Waals surface area (Å²) in [5, 5.41) is 0. The number of rotatable bonds is 2. The van der Waals surface area contributed by atoms with Crippen molar-refractivity contribution in [2.24, 2.45) is 0 Å². The lowest BCUT2D eigenvalue weighted by Crippen LogP contribution is -2.28. The van der Waals surface area contributed by atoms with E-state index in [1.807, 2.05) is 0 Å². The molecule has 0 nitrogen and oxygen atoms in total. The van der Waals surface area contributed by atoms with Crippen LogP contribution in [0.5, 0.6) is 0 Å². The van der Waals surface area contributed by atoms with Crippen molar-refractivity contribution in [3.8, 4) is 0 Å². The van der Waals surface area contributed by atoms with Gasteiger partial charge in [0.05, 0.1) is 0 Å². The Kier molecular flexibility index (Phi) is 3.30. The van der Waals surface area contributed by atoms with Gasteiger partial charge in [0.25, 0.3) is 0 Å². The predicted molar refractivity (Wildman–Crippen MR) is 36.1 cm³/mol. The molecule has 0 aromatic heterocycles. The van der Waals surface area contributed by atoms with E-state index in [0.717, 1.165) is 0 Å². The molecule has 0 unspecified atom stereocenters. The molecule has 0 fully saturated rings. The van der Waals surface area contributed by atoms with Gasteiger partial charge in [-0.05, 0) is 0 Å². The number of hydrogen-bond donors (Lipinski definition) is 0. The van der Waals surface area contributed by atoms with E-state index in [2.05, 4.69) is 0 Å². The van der Waals surface area contributed by atoms with E-state index in [4.69, 9.17) is 0 Å². The standard InChI is InChI=1S/C8HF9/c9-2-1(8(16,17)7(14)15)3(10)5(12)6(13)4(2)11/h7H. The van der Waals surface area contributed by atoms with E-state index in [1.54, 1.807) is 0 Å². The van der Waals surface area contributed by atoms with Crippen molar-refractivity contribution in [3.63, 3.8) is 0 Å². The zero-order valence-corrected chi connectivity index (χ0v) is 7.48. The second kappa shape index (κ2) is 4.11. The largest absolute Gasteiger partial charge is 0.338 e. The van der Waals surface area contributed by atoms with Gasteiger partial charge in [0.2, 0.25) is 5.82 Å².